The maximum Gasteiger partial charge on any atom is 0.307 e. The van der Waals surface area contributed by atoms with Crippen LogP contribution in [0.5, 0.6) is 0 Å². The molecule has 0 aliphatic rings. The lowest BCUT2D eigenvalue weighted by molar-refractivity contribution is -0.140. The van der Waals surface area contributed by atoms with E-state index in [-0.39, 0.29) is 36.6 Å². The summed E-state index contributed by atoms with van der Waals surface area (Å²) in [5.74, 6) is -0.585. The summed E-state index contributed by atoms with van der Waals surface area (Å²) in [5.41, 5.74) is 3.44. The van der Waals surface area contributed by atoms with Crippen molar-refractivity contribution >= 4 is 27.7 Å². The molecule has 0 saturated carbocycles. The normalized spacial score (nSPS) is 11.7. The van der Waals surface area contributed by atoms with E-state index >= 15 is 0 Å². The van der Waals surface area contributed by atoms with E-state index in [1.807, 2.05) is 55.5 Å². The van der Waals surface area contributed by atoms with Crippen molar-refractivity contribution in [3.8, 4) is 0 Å². The molecule has 1 atom stereocenters. The number of carbonyl (C=O) groups excluding carboxylic acids is 2. The first-order valence-corrected chi connectivity index (χ1v) is 10.8. The minimum Gasteiger partial charge on any atom is -0.469 e. The Balaban J connectivity index is 1.90. The molecule has 0 bridgehead atoms. The molecule has 0 fully saturated rings. The zero-order valence-corrected chi connectivity index (χ0v) is 19.1. The monoisotopic (exact) mass is 481 g/mol. The molecule has 3 aromatic rings. The molecule has 0 N–H and O–H groups in total. The zero-order valence-electron chi connectivity index (χ0n) is 17.5. The van der Waals surface area contributed by atoms with Crippen molar-refractivity contribution in [2.75, 3.05) is 7.11 Å². The Morgan fingerprint density at radius 3 is 2.42 bits per heavy atom. The van der Waals surface area contributed by atoms with Crippen molar-refractivity contribution in [3.63, 3.8) is 0 Å². The molecule has 1 aromatic heterocycles. The van der Waals surface area contributed by atoms with Gasteiger partial charge in [0.2, 0.25) is 0 Å². The van der Waals surface area contributed by atoms with Crippen LogP contribution in [0.15, 0.2) is 76.1 Å². The summed E-state index contributed by atoms with van der Waals surface area (Å²) in [6.07, 6.45) is 1.87. The summed E-state index contributed by atoms with van der Waals surface area (Å²) in [7, 11) is 1.30. The second kappa shape index (κ2) is 10.4. The van der Waals surface area contributed by atoms with E-state index in [1.165, 1.54) is 23.9 Å². The van der Waals surface area contributed by atoms with Crippen molar-refractivity contribution < 1.29 is 14.3 Å². The second-order valence-electron chi connectivity index (χ2n) is 7.36. The molecule has 31 heavy (non-hydrogen) atoms. The predicted octanol–water partition coefficient (Wildman–Crippen LogP) is 4.89. The minimum absolute atomic E-state index is 0.0667. The molecule has 0 aliphatic heterocycles. The van der Waals surface area contributed by atoms with Gasteiger partial charge in [-0.05, 0) is 41.8 Å². The molecule has 2 aromatic carbocycles. The van der Waals surface area contributed by atoms with Crippen molar-refractivity contribution in [3.05, 3.63) is 104 Å². The second-order valence-corrected chi connectivity index (χ2v) is 8.28. The molecule has 0 amide bonds. The van der Waals surface area contributed by atoms with Gasteiger partial charge in [0, 0.05) is 41.2 Å². The Morgan fingerprint density at radius 1 is 1.03 bits per heavy atom. The summed E-state index contributed by atoms with van der Waals surface area (Å²) in [4.78, 5) is 36.8. The topological polar surface area (TPSA) is 65.4 Å². The van der Waals surface area contributed by atoms with Crippen molar-refractivity contribution in [2.24, 2.45) is 0 Å². The molecule has 3 rings (SSSR count). The number of pyridine rings is 1. The number of ketones is 1. The third kappa shape index (κ3) is 5.79. The van der Waals surface area contributed by atoms with Gasteiger partial charge in [-0.2, -0.15) is 0 Å². The number of Topliss-reactive ketones (excluding diaryl/α,β-unsaturated/α-hetero) is 1. The molecule has 5 nitrogen and oxygen atoms in total. The van der Waals surface area contributed by atoms with Crippen molar-refractivity contribution in [2.45, 2.75) is 32.2 Å². The van der Waals surface area contributed by atoms with Crippen LogP contribution in [0.3, 0.4) is 0 Å². The van der Waals surface area contributed by atoms with E-state index < -0.39 is 5.97 Å². The Hall–Kier alpha value is -2.99. The molecular formula is C25H24BrNO4. The van der Waals surface area contributed by atoms with Gasteiger partial charge in [0.1, 0.15) is 0 Å². The summed E-state index contributed by atoms with van der Waals surface area (Å²) in [6, 6.07) is 18.9. The van der Waals surface area contributed by atoms with Crippen LogP contribution >= 0.6 is 15.9 Å². The first-order valence-electron chi connectivity index (χ1n) is 10.0. The van der Waals surface area contributed by atoms with Crippen LogP contribution in [-0.2, 0) is 16.1 Å². The van der Waals surface area contributed by atoms with E-state index in [2.05, 4.69) is 20.7 Å². The third-order valence-corrected chi connectivity index (χ3v) is 5.84. The van der Waals surface area contributed by atoms with Gasteiger partial charge in [0.25, 0.3) is 5.56 Å². The summed E-state index contributed by atoms with van der Waals surface area (Å²) < 4.78 is 6.99. The quantitative estimate of drug-likeness (QED) is 0.339. The van der Waals surface area contributed by atoms with Crippen LogP contribution < -0.4 is 5.56 Å². The fourth-order valence-corrected chi connectivity index (χ4v) is 3.83. The van der Waals surface area contributed by atoms with Crippen LogP contribution in [-0.4, -0.2) is 23.4 Å². The minimum atomic E-state index is -0.404. The molecule has 0 radical (unpaired) electrons. The number of aryl methyl sites for hydroxylation is 2. The van der Waals surface area contributed by atoms with Crippen LogP contribution in [0, 0.1) is 6.92 Å². The summed E-state index contributed by atoms with van der Waals surface area (Å²) in [5, 5.41) is 0. The van der Waals surface area contributed by atoms with Crippen LogP contribution in [0.1, 0.15) is 45.8 Å². The van der Waals surface area contributed by atoms with E-state index in [1.54, 1.807) is 6.07 Å². The van der Waals surface area contributed by atoms with E-state index in [0.717, 1.165) is 21.2 Å². The smallest absolute Gasteiger partial charge is 0.307 e. The number of ether oxygens (including phenoxy) is 1. The highest BCUT2D eigenvalue weighted by Crippen LogP contribution is 2.32. The Bertz CT molecular complexity index is 1130. The van der Waals surface area contributed by atoms with E-state index in [9.17, 15) is 14.4 Å². The molecule has 1 unspecified atom stereocenters. The molecule has 6 heteroatoms. The number of aromatic nitrogens is 1. The zero-order chi connectivity index (χ0) is 22.4. The highest BCUT2D eigenvalue weighted by molar-refractivity contribution is 9.10. The SMILES string of the molecule is COC(=O)CCn1cc(C(=O)CC(c2ccc(Br)cc2)c2ccccc2C)ccc1=O. The molecule has 0 aliphatic carbocycles. The number of hydrogen-bond donors (Lipinski definition) is 0. The average Bonchev–Trinajstić information content (AvgIpc) is 2.77. The number of nitrogens with zero attached hydrogens (tertiary/aromatic N) is 1. The lowest BCUT2D eigenvalue weighted by Crippen LogP contribution is -2.22. The van der Waals surface area contributed by atoms with Gasteiger partial charge in [-0.15, -0.1) is 0 Å². The highest BCUT2D eigenvalue weighted by Gasteiger charge is 2.21. The van der Waals surface area contributed by atoms with E-state index in [4.69, 9.17) is 0 Å². The van der Waals surface area contributed by atoms with E-state index in [0.29, 0.717) is 5.56 Å². The molecule has 0 spiro atoms. The highest BCUT2D eigenvalue weighted by atomic mass is 79.9. The first-order chi connectivity index (χ1) is 14.9. The van der Waals surface area contributed by atoms with Gasteiger partial charge in [0.05, 0.1) is 13.5 Å². The van der Waals surface area contributed by atoms with Gasteiger partial charge in [0.15, 0.2) is 5.78 Å². The number of hydrogen-bond acceptors (Lipinski definition) is 4. The Morgan fingerprint density at radius 2 is 1.74 bits per heavy atom. The lowest BCUT2D eigenvalue weighted by Gasteiger charge is -2.20. The number of esters is 1. The number of benzene rings is 2. The number of rotatable bonds is 8. The van der Waals surface area contributed by atoms with Gasteiger partial charge in [-0.3, -0.25) is 14.4 Å². The molecular weight excluding hydrogens is 458 g/mol. The van der Waals surface area contributed by atoms with Gasteiger partial charge in [-0.25, -0.2) is 0 Å². The van der Waals surface area contributed by atoms with Gasteiger partial charge < -0.3 is 9.30 Å². The van der Waals surface area contributed by atoms with Gasteiger partial charge >= 0.3 is 5.97 Å². The maximum absolute atomic E-state index is 13.2. The molecule has 160 valence electrons. The van der Waals surface area contributed by atoms with Crippen LogP contribution in [0.4, 0.5) is 0 Å². The Kier molecular flexibility index (Phi) is 7.58. The lowest BCUT2D eigenvalue weighted by atomic mass is 9.84. The molecule has 1 heterocycles. The van der Waals surface area contributed by atoms with Crippen molar-refractivity contribution in [1.82, 2.24) is 4.57 Å². The van der Waals surface area contributed by atoms with Gasteiger partial charge in [-0.1, -0.05) is 52.3 Å². The average molecular weight is 482 g/mol. The fourth-order valence-electron chi connectivity index (χ4n) is 3.57. The summed E-state index contributed by atoms with van der Waals surface area (Å²) in [6.45, 7) is 2.21. The standard InChI is InChI=1S/C25H24BrNO4/c1-17-5-3-4-6-21(17)22(18-7-10-20(26)11-8-18)15-23(28)19-9-12-24(29)27(16-19)14-13-25(30)31-2/h3-12,16,22H,13-15H2,1-2H3. The number of carbonyl (C=O) groups is 2. The predicted molar refractivity (Wildman–Crippen MR) is 123 cm³/mol. The molecule has 0 saturated heterocycles. The first kappa shape index (κ1) is 22.7. The third-order valence-electron chi connectivity index (χ3n) is 5.32. The Labute approximate surface area is 189 Å². The largest absolute Gasteiger partial charge is 0.469 e. The fraction of sp³-hybridized carbons (Fsp3) is 0.240. The number of methoxy groups -OCH3 is 1. The van der Waals surface area contributed by atoms with Crippen LogP contribution in [0.2, 0.25) is 0 Å². The van der Waals surface area contributed by atoms with Crippen molar-refractivity contribution in [1.29, 1.82) is 0 Å². The maximum atomic E-state index is 13.2. The number of halogens is 1. The summed E-state index contributed by atoms with van der Waals surface area (Å²) >= 11 is 3.47. The van der Waals surface area contributed by atoms with Crippen LogP contribution in [0.25, 0.3) is 0 Å².